The Hall–Kier alpha value is -1.21. The smallest absolute Gasteiger partial charge is 0.381 e. The number of carbonyl (C=O) groups excluding carboxylic acids is 1. The monoisotopic (exact) mass is 156 g/mol. The van der Waals surface area contributed by atoms with E-state index in [0.29, 0.717) is 6.61 Å². The molecule has 0 saturated heterocycles. The Morgan fingerprint density at radius 2 is 2.36 bits per heavy atom. The molecule has 1 N–H and O–H groups in total. The van der Waals surface area contributed by atoms with Gasteiger partial charge < -0.3 is 9.84 Å². The first kappa shape index (κ1) is 9.79. The second-order valence-corrected chi connectivity index (χ2v) is 1.92. The fraction of sp³-hybridized carbons (Fsp3) is 0.500. The lowest BCUT2D eigenvalue weighted by Gasteiger charge is -1.98. The van der Waals surface area contributed by atoms with E-state index >= 15 is 0 Å². The zero-order chi connectivity index (χ0) is 8.69. The number of hydrogen-bond donors (Lipinski definition) is 1. The Kier molecular flexibility index (Phi) is 4.95. The van der Waals surface area contributed by atoms with Crippen LogP contribution >= 0.6 is 0 Å². The van der Waals surface area contributed by atoms with Crippen LogP contribution < -0.4 is 0 Å². The Labute approximate surface area is 66.0 Å². The van der Waals surface area contributed by atoms with Crippen LogP contribution in [0.5, 0.6) is 0 Å². The van der Waals surface area contributed by atoms with E-state index in [1.165, 1.54) is 6.08 Å². The summed E-state index contributed by atoms with van der Waals surface area (Å²) in [6, 6.07) is 0. The van der Waals surface area contributed by atoms with E-state index in [0.717, 1.165) is 6.42 Å². The first-order valence-corrected chi connectivity index (χ1v) is 3.49. The molecule has 0 aromatic rings. The van der Waals surface area contributed by atoms with Crippen molar-refractivity contribution in [2.75, 3.05) is 6.61 Å². The Bertz CT molecular complexity index is 188. The van der Waals surface area contributed by atoms with Crippen LogP contribution in [-0.2, 0) is 9.53 Å². The molecule has 0 spiro atoms. The van der Waals surface area contributed by atoms with Gasteiger partial charge in [-0.05, 0) is 19.4 Å². The standard InChI is InChI=1S/C8H12O3/c1-3-5-7(9)8(10)11-6-4-2/h3,9H,4,6H2,1-2H3. The molecule has 0 amide bonds. The van der Waals surface area contributed by atoms with Gasteiger partial charge in [0.15, 0.2) is 0 Å². The molecule has 0 aliphatic rings. The lowest BCUT2D eigenvalue weighted by Crippen LogP contribution is -2.07. The van der Waals surface area contributed by atoms with Crippen LogP contribution in [0, 0.1) is 0 Å². The maximum atomic E-state index is 10.7. The summed E-state index contributed by atoms with van der Waals surface area (Å²) in [5.41, 5.74) is 2.33. The van der Waals surface area contributed by atoms with Gasteiger partial charge in [0.25, 0.3) is 0 Å². The van der Waals surface area contributed by atoms with E-state index in [1.807, 2.05) is 6.92 Å². The van der Waals surface area contributed by atoms with Crippen LogP contribution in [0.1, 0.15) is 20.3 Å². The maximum absolute atomic E-state index is 10.7. The van der Waals surface area contributed by atoms with E-state index in [4.69, 9.17) is 5.11 Å². The summed E-state index contributed by atoms with van der Waals surface area (Å²) in [6.07, 6.45) is 2.19. The molecule has 11 heavy (non-hydrogen) atoms. The van der Waals surface area contributed by atoms with Gasteiger partial charge in [-0.1, -0.05) is 12.7 Å². The van der Waals surface area contributed by atoms with E-state index in [-0.39, 0.29) is 0 Å². The van der Waals surface area contributed by atoms with E-state index < -0.39 is 11.7 Å². The van der Waals surface area contributed by atoms with E-state index in [1.54, 1.807) is 6.92 Å². The predicted octanol–water partition coefficient (Wildman–Crippen LogP) is 1.56. The van der Waals surface area contributed by atoms with Crippen molar-refractivity contribution >= 4 is 5.97 Å². The average Bonchev–Trinajstić information content (AvgIpc) is 2.00. The highest BCUT2D eigenvalue weighted by Gasteiger charge is 2.05. The Balaban J connectivity index is 3.94. The first-order chi connectivity index (χ1) is 5.22. The second kappa shape index (κ2) is 5.57. The second-order valence-electron chi connectivity index (χ2n) is 1.92. The number of aliphatic hydroxyl groups excluding tert-OH is 1. The Morgan fingerprint density at radius 1 is 1.73 bits per heavy atom. The SMILES string of the molecule is CC=C=C(O)C(=O)OCCC. The molecule has 0 atom stereocenters. The molecular formula is C8H12O3. The number of carbonyl (C=O) groups is 1. The minimum atomic E-state index is -0.718. The number of ether oxygens (including phenoxy) is 1. The molecular weight excluding hydrogens is 144 g/mol. The van der Waals surface area contributed by atoms with Gasteiger partial charge in [0.1, 0.15) is 0 Å². The fourth-order valence-electron chi connectivity index (χ4n) is 0.459. The van der Waals surface area contributed by atoms with Crippen molar-refractivity contribution in [2.24, 2.45) is 0 Å². The summed E-state index contributed by atoms with van der Waals surface area (Å²) < 4.78 is 4.60. The topological polar surface area (TPSA) is 46.5 Å². The molecule has 0 unspecified atom stereocenters. The van der Waals surface area contributed by atoms with Crippen molar-refractivity contribution in [1.82, 2.24) is 0 Å². The molecule has 0 rings (SSSR count). The number of aliphatic hydroxyl groups is 1. The van der Waals surface area contributed by atoms with Crippen molar-refractivity contribution in [2.45, 2.75) is 20.3 Å². The lowest BCUT2D eigenvalue weighted by molar-refractivity contribution is -0.142. The van der Waals surface area contributed by atoms with Crippen molar-refractivity contribution in [1.29, 1.82) is 0 Å². The highest BCUT2D eigenvalue weighted by Crippen LogP contribution is 1.91. The molecule has 3 nitrogen and oxygen atoms in total. The molecule has 3 heteroatoms. The minimum absolute atomic E-state index is 0.328. The normalized spacial score (nSPS) is 8.18. The maximum Gasteiger partial charge on any atom is 0.381 e. The highest BCUT2D eigenvalue weighted by molar-refractivity contribution is 5.85. The van der Waals surface area contributed by atoms with E-state index in [9.17, 15) is 4.79 Å². The summed E-state index contributed by atoms with van der Waals surface area (Å²) in [7, 11) is 0. The largest absolute Gasteiger partial charge is 0.496 e. The zero-order valence-electron chi connectivity index (χ0n) is 6.76. The molecule has 0 saturated carbocycles. The molecule has 0 aromatic heterocycles. The number of hydrogen-bond acceptors (Lipinski definition) is 3. The third-order valence-electron chi connectivity index (χ3n) is 0.912. The fourth-order valence-corrected chi connectivity index (χ4v) is 0.459. The zero-order valence-corrected chi connectivity index (χ0v) is 6.76. The molecule has 0 bridgehead atoms. The number of esters is 1. The van der Waals surface area contributed by atoms with Crippen LogP contribution in [0.2, 0.25) is 0 Å². The molecule has 0 aliphatic heterocycles. The van der Waals surface area contributed by atoms with Crippen LogP contribution in [0.25, 0.3) is 0 Å². The van der Waals surface area contributed by atoms with Gasteiger partial charge in [-0.2, -0.15) is 0 Å². The minimum Gasteiger partial charge on any atom is -0.496 e. The molecule has 0 heterocycles. The molecule has 0 aromatic carbocycles. The summed E-state index contributed by atoms with van der Waals surface area (Å²) in [5.74, 6) is -1.19. The third kappa shape index (κ3) is 4.23. The van der Waals surface area contributed by atoms with Gasteiger partial charge in [-0.25, -0.2) is 4.79 Å². The highest BCUT2D eigenvalue weighted by atomic mass is 16.5. The molecule has 0 aliphatic carbocycles. The summed E-state index contributed by atoms with van der Waals surface area (Å²) in [5, 5.41) is 8.84. The van der Waals surface area contributed by atoms with Gasteiger partial charge in [-0.3, -0.25) is 0 Å². The van der Waals surface area contributed by atoms with Crippen molar-refractivity contribution in [3.8, 4) is 0 Å². The molecule has 62 valence electrons. The van der Waals surface area contributed by atoms with Gasteiger partial charge in [-0.15, -0.1) is 0 Å². The lowest BCUT2D eigenvalue weighted by atomic mass is 10.5. The van der Waals surface area contributed by atoms with Gasteiger partial charge in [0.05, 0.1) is 6.61 Å². The molecule has 0 radical (unpaired) electrons. The molecule has 0 fully saturated rings. The van der Waals surface area contributed by atoms with Gasteiger partial charge in [0.2, 0.25) is 5.76 Å². The van der Waals surface area contributed by atoms with Gasteiger partial charge in [0, 0.05) is 0 Å². The summed E-state index contributed by atoms with van der Waals surface area (Å²) in [6.45, 7) is 3.86. The van der Waals surface area contributed by atoms with Crippen molar-refractivity contribution in [3.05, 3.63) is 17.6 Å². The van der Waals surface area contributed by atoms with Crippen LogP contribution in [0.15, 0.2) is 17.6 Å². The van der Waals surface area contributed by atoms with Crippen LogP contribution in [0.4, 0.5) is 0 Å². The first-order valence-electron chi connectivity index (χ1n) is 3.49. The van der Waals surface area contributed by atoms with Crippen molar-refractivity contribution < 1.29 is 14.6 Å². The van der Waals surface area contributed by atoms with Crippen LogP contribution in [0.3, 0.4) is 0 Å². The van der Waals surface area contributed by atoms with E-state index in [2.05, 4.69) is 10.5 Å². The summed E-state index contributed by atoms with van der Waals surface area (Å²) >= 11 is 0. The number of rotatable bonds is 3. The quantitative estimate of drug-likeness (QED) is 0.292. The van der Waals surface area contributed by atoms with Crippen LogP contribution in [-0.4, -0.2) is 17.7 Å². The van der Waals surface area contributed by atoms with Gasteiger partial charge >= 0.3 is 5.97 Å². The summed E-state index contributed by atoms with van der Waals surface area (Å²) in [4.78, 5) is 10.7. The third-order valence-corrected chi connectivity index (χ3v) is 0.912. The van der Waals surface area contributed by atoms with Crippen molar-refractivity contribution in [3.63, 3.8) is 0 Å². The average molecular weight is 156 g/mol. The predicted molar refractivity (Wildman–Crippen MR) is 41.1 cm³/mol. The Morgan fingerprint density at radius 3 is 2.82 bits per heavy atom.